The zero-order valence-electron chi connectivity index (χ0n) is 11.2. The molecule has 18 heavy (non-hydrogen) atoms. The maximum absolute atomic E-state index is 9.12. The highest BCUT2D eigenvalue weighted by Crippen LogP contribution is 2.11. The predicted octanol–water partition coefficient (Wildman–Crippen LogP) is 1.75. The van der Waals surface area contributed by atoms with Crippen molar-refractivity contribution in [2.45, 2.75) is 38.5 Å². The van der Waals surface area contributed by atoms with Gasteiger partial charge in [0.15, 0.2) is 0 Å². The van der Waals surface area contributed by atoms with Gasteiger partial charge in [-0.2, -0.15) is 0 Å². The van der Waals surface area contributed by atoms with Gasteiger partial charge in [-0.3, -0.25) is 0 Å². The van der Waals surface area contributed by atoms with Crippen molar-refractivity contribution in [1.29, 1.82) is 0 Å². The van der Waals surface area contributed by atoms with Crippen LogP contribution in [0.3, 0.4) is 0 Å². The molecule has 0 bridgehead atoms. The number of aliphatic hydroxyl groups excluding tert-OH is 1. The van der Waals surface area contributed by atoms with E-state index < -0.39 is 0 Å². The largest absolute Gasteiger partial charge is 0.392 e. The Morgan fingerprint density at radius 3 is 2.94 bits per heavy atom. The minimum absolute atomic E-state index is 0.127. The van der Waals surface area contributed by atoms with Crippen LogP contribution in [0.4, 0.5) is 0 Å². The molecule has 0 spiro atoms. The highest BCUT2D eigenvalue weighted by molar-refractivity contribution is 5.22. The first kappa shape index (κ1) is 13.5. The van der Waals surface area contributed by atoms with E-state index in [1.807, 2.05) is 12.1 Å². The third-order valence-corrected chi connectivity index (χ3v) is 3.72. The Morgan fingerprint density at radius 2 is 2.11 bits per heavy atom. The van der Waals surface area contributed by atoms with Gasteiger partial charge in [0.1, 0.15) is 0 Å². The lowest BCUT2D eigenvalue weighted by molar-refractivity contribution is 0.281. The normalized spacial score (nSPS) is 21.8. The summed E-state index contributed by atoms with van der Waals surface area (Å²) < 4.78 is 0. The fourth-order valence-corrected chi connectivity index (χ4v) is 2.54. The highest BCUT2D eigenvalue weighted by atomic mass is 16.3. The molecule has 100 valence electrons. The Bertz CT molecular complexity index is 367. The Kier molecular flexibility index (Phi) is 5.17. The first-order chi connectivity index (χ1) is 8.78. The molecule has 1 atom stereocenters. The maximum atomic E-state index is 9.12. The van der Waals surface area contributed by atoms with Gasteiger partial charge in [-0.05, 0) is 50.5 Å². The average Bonchev–Trinajstić information content (AvgIpc) is 2.61. The van der Waals surface area contributed by atoms with Gasteiger partial charge >= 0.3 is 0 Å². The summed E-state index contributed by atoms with van der Waals surface area (Å²) in [7, 11) is 2.20. The van der Waals surface area contributed by atoms with Crippen LogP contribution in [0.25, 0.3) is 0 Å². The molecule has 2 N–H and O–H groups in total. The van der Waals surface area contributed by atoms with Gasteiger partial charge < -0.3 is 15.3 Å². The predicted molar refractivity (Wildman–Crippen MR) is 74.3 cm³/mol. The molecule has 3 nitrogen and oxygen atoms in total. The van der Waals surface area contributed by atoms with Crippen molar-refractivity contribution >= 4 is 0 Å². The maximum Gasteiger partial charge on any atom is 0.0681 e. The van der Waals surface area contributed by atoms with Crippen LogP contribution in [0.1, 0.15) is 30.4 Å². The van der Waals surface area contributed by atoms with Gasteiger partial charge in [0.2, 0.25) is 0 Å². The fraction of sp³-hybridized carbons (Fsp3) is 0.600. The molecule has 3 heteroatoms. The molecule has 1 saturated heterocycles. The van der Waals surface area contributed by atoms with E-state index in [-0.39, 0.29) is 6.61 Å². The zero-order chi connectivity index (χ0) is 12.8. The quantitative estimate of drug-likeness (QED) is 0.852. The van der Waals surface area contributed by atoms with Crippen molar-refractivity contribution in [3.8, 4) is 0 Å². The third kappa shape index (κ3) is 4.09. The van der Waals surface area contributed by atoms with Gasteiger partial charge in [0, 0.05) is 12.6 Å². The molecule has 0 saturated carbocycles. The Hall–Kier alpha value is -0.900. The van der Waals surface area contributed by atoms with Crippen molar-refractivity contribution in [2.24, 2.45) is 0 Å². The Balaban J connectivity index is 1.83. The smallest absolute Gasteiger partial charge is 0.0681 e. The number of hydrogen-bond acceptors (Lipinski definition) is 3. The van der Waals surface area contributed by atoms with E-state index in [4.69, 9.17) is 5.11 Å². The number of nitrogens with one attached hydrogen (secondary N) is 1. The SMILES string of the molecule is CN1CCCC(NCc2cccc(CO)c2)CC1. The second-order valence-electron chi connectivity index (χ2n) is 5.29. The molecule has 1 heterocycles. The first-order valence-corrected chi connectivity index (χ1v) is 6.88. The molecule has 1 fully saturated rings. The Morgan fingerprint density at radius 1 is 1.28 bits per heavy atom. The summed E-state index contributed by atoms with van der Waals surface area (Å²) in [6.07, 6.45) is 3.78. The lowest BCUT2D eigenvalue weighted by Crippen LogP contribution is -2.29. The van der Waals surface area contributed by atoms with Gasteiger partial charge in [-0.15, -0.1) is 0 Å². The van der Waals surface area contributed by atoms with E-state index in [9.17, 15) is 0 Å². The van der Waals surface area contributed by atoms with Crippen LogP contribution in [0.15, 0.2) is 24.3 Å². The molecule has 2 rings (SSSR count). The monoisotopic (exact) mass is 248 g/mol. The standard InChI is InChI=1S/C15H24N2O/c1-17-8-3-6-15(7-9-17)16-11-13-4-2-5-14(10-13)12-18/h2,4-5,10,15-16,18H,3,6-9,11-12H2,1H3. The van der Waals surface area contributed by atoms with Crippen LogP contribution in [-0.2, 0) is 13.2 Å². The van der Waals surface area contributed by atoms with Crippen LogP contribution in [-0.4, -0.2) is 36.2 Å². The molecular weight excluding hydrogens is 224 g/mol. The van der Waals surface area contributed by atoms with E-state index in [2.05, 4.69) is 29.4 Å². The number of benzene rings is 1. The number of nitrogens with zero attached hydrogens (tertiary/aromatic N) is 1. The van der Waals surface area contributed by atoms with Gasteiger partial charge in [0.25, 0.3) is 0 Å². The summed E-state index contributed by atoms with van der Waals surface area (Å²) in [5.74, 6) is 0. The van der Waals surface area contributed by atoms with Crippen LogP contribution in [0.5, 0.6) is 0 Å². The van der Waals surface area contributed by atoms with Crippen molar-refractivity contribution in [2.75, 3.05) is 20.1 Å². The van der Waals surface area contributed by atoms with Gasteiger partial charge in [-0.1, -0.05) is 24.3 Å². The molecule has 0 radical (unpaired) electrons. The van der Waals surface area contributed by atoms with Crippen LogP contribution in [0, 0.1) is 0 Å². The van der Waals surface area contributed by atoms with E-state index in [0.717, 1.165) is 12.1 Å². The highest BCUT2D eigenvalue weighted by Gasteiger charge is 2.13. The lowest BCUT2D eigenvalue weighted by Gasteiger charge is -2.17. The molecule has 1 aromatic rings. The van der Waals surface area contributed by atoms with E-state index >= 15 is 0 Å². The molecule has 0 aromatic heterocycles. The molecule has 1 aliphatic heterocycles. The summed E-state index contributed by atoms with van der Waals surface area (Å²) in [6, 6.07) is 8.81. The van der Waals surface area contributed by atoms with Crippen LogP contribution < -0.4 is 5.32 Å². The minimum atomic E-state index is 0.127. The minimum Gasteiger partial charge on any atom is -0.392 e. The topological polar surface area (TPSA) is 35.5 Å². The number of aliphatic hydroxyl groups is 1. The second kappa shape index (κ2) is 6.88. The summed E-state index contributed by atoms with van der Waals surface area (Å²) in [5.41, 5.74) is 2.26. The molecule has 1 aromatic carbocycles. The number of hydrogen-bond donors (Lipinski definition) is 2. The van der Waals surface area contributed by atoms with E-state index in [1.165, 1.54) is 37.9 Å². The number of rotatable bonds is 4. The van der Waals surface area contributed by atoms with Crippen molar-refractivity contribution in [1.82, 2.24) is 10.2 Å². The second-order valence-corrected chi connectivity index (χ2v) is 5.29. The summed E-state index contributed by atoms with van der Waals surface area (Å²) >= 11 is 0. The zero-order valence-corrected chi connectivity index (χ0v) is 11.2. The van der Waals surface area contributed by atoms with Crippen molar-refractivity contribution < 1.29 is 5.11 Å². The summed E-state index contributed by atoms with van der Waals surface area (Å²) in [4.78, 5) is 2.41. The van der Waals surface area contributed by atoms with Crippen LogP contribution >= 0.6 is 0 Å². The summed E-state index contributed by atoms with van der Waals surface area (Å²) in [5, 5.41) is 12.8. The summed E-state index contributed by atoms with van der Waals surface area (Å²) in [6.45, 7) is 3.44. The Labute approximate surface area is 110 Å². The molecular formula is C15H24N2O. The molecule has 1 aliphatic rings. The molecule has 0 aliphatic carbocycles. The van der Waals surface area contributed by atoms with E-state index in [0.29, 0.717) is 6.04 Å². The third-order valence-electron chi connectivity index (χ3n) is 3.72. The van der Waals surface area contributed by atoms with Crippen molar-refractivity contribution in [3.63, 3.8) is 0 Å². The molecule has 0 amide bonds. The average molecular weight is 248 g/mol. The molecule has 1 unspecified atom stereocenters. The van der Waals surface area contributed by atoms with Crippen LogP contribution in [0.2, 0.25) is 0 Å². The van der Waals surface area contributed by atoms with Crippen molar-refractivity contribution in [3.05, 3.63) is 35.4 Å². The lowest BCUT2D eigenvalue weighted by atomic mass is 10.1. The van der Waals surface area contributed by atoms with Gasteiger partial charge in [0.05, 0.1) is 6.61 Å². The number of likely N-dealkylation sites (tertiary alicyclic amines) is 1. The first-order valence-electron chi connectivity index (χ1n) is 6.88. The fourth-order valence-electron chi connectivity index (χ4n) is 2.54. The van der Waals surface area contributed by atoms with Gasteiger partial charge in [-0.25, -0.2) is 0 Å². The van der Waals surface area contributed by atoms with E-state index in [1.54, 1.807) is 0 Å².